The minimum absolute atomic E-state index is 0.583. The first-order chi connectivity index (χ1) is 9.60. The van der Waals surface area contributed by atoms with Crippen LogP contribution in [0, 0.1) is 0 Å². The Kier molecular flexibility index (Phi) is 3.96. The summed E-state index contributed by atoms with van der Waals surface area (Å²) in [5.74, 6) is 5.99. The van der Waals surface area contributed by atoms with E-state index in [1.54, 1.807) is 24.2 Å². The number of nitrogens with two attached hydrogens (primary N) is 2. The Balaban J connectivity index is 2.79. The highest BCUT2D eigenvalue weighted by molar-refractivity contribution is 5.74. The molecule has 1 aliphatic heterocycles. The Hall–Kier alpha value is -2.46. The Bertz CT molecular complexity index is 609. The second-order valence-corrected chi connectivity index (χ2v) is 4.62. The minimum atomic E-state index is 0.583. The molecule has 0 aromatic heterocycles. The van der Waals surface area contributed by atoms with E-state index in [9.17, 15) is 0 Å². The van der Waals surface area contributed by atoms with E-state index in [1.165, 1.54) is 0 Å². The summed E-state index contributed by atoms with van der Waals surface area (Å²) in [6, 6.07) is 8.04. The number of fused-ring (bicyclic) bond motifs is 1. The van der Waals surface area contributed by atoms with Gasteiger partial charge in [0.1, 0.15) is 0 Å². The van der Waals surface area contributed by atoms with Crippen molar-refractivity contribution >= 4 is 5.70 Å². The van der Waals surface area contributed by atoms with Crippen molar-refractivity contribution in [3.63, 3.8) is 0 Å². The Morgan fingerprint density at radius 3 is 2.55 bits per heavy atom. The third kappa shape index (κ3) is 2.33. The maximum Gasteiger partial charge on any atom is 0.0826 e. The number of hydrogen-bond acceptors (Lipinski definition) is 4. The maximum absolute atomic E-state index is 6.33. The fourth-order valence-corrected chi connectivity index (χ4v) is 2.39. The predicted octanol–water partition coefficient (Wildman–Crippen LogP) is 1.85. The molecular weight excluding hydrogens is 248 g/mol. The van der Waals surface area contributed by atoms with Crippen LogP contribution in [-0.2, 0) is 6.54 Å². The zero-order valence-corrected chi connectivity index (χ0v) is 11.7. The molecule has 0 aliphatic carbocycles. The van der Waals surface area contributed by atoms with Crippen LogP contribution in [-0.4, -0.2) is 12.1 Å². The van der Waals surface area contributed by atoms with Crippen molar-refractivity contribution in [1.29, 1.82) is 0 Å². The van der Waals surface area contributed by atoms with Crippen molar-refractivity contribution in [3.8, 4) is 0 Å². The summed E-state index contributed by atoms with van der Waals surface area (Å²) in [5.41, 5.74) is 11.5. The molecule has 0 radical (unpaired) electrons. The summed E-state index contributed by atoms with van der Waals surface area (Å²) in [7, 11) is 1.78. The van der Waals surface area contributed by atoms with Gasteiger partial charge >= 0.3 is 0 Å². The molecule has 2 rings (SSSR count). The molecule has 104 valence electrons. The maximum atomic E-state index is 6.33. The van der Waals surface area contributed by atoms with E-state index in [0.29, 0.717) is 12.2 Å². The number of rotatable bonds is 3. The highest BCUT2D eigenvalue weighted by Gasteiger charge is 2.19. The number of nitrogens with zero attached hydrogens (tertiary/aromatic N) is 1. The fraction of sp³-hybridized carbons (Fsp3) is 0.125. The van der Waals surface area contributed by atoms with Crippen LogP contribution in [0.25, 0.3) is 5.70 Å². The summed E-state index contributed by atoms with van der Waals surface area (Å²) >= 11 is 0. The normalized spacial score (nSPS) is 22.1. The number of allylic oxidation sites excluding steroid dienone is 2. The Labute approximate surface area is 119 Å². The third-order valence-electron chi connectivity index (χ3n) is 3.34. The van der Waals surface area contributed by atoms with Crippen molar-refractivity contribution in [2.75, 3.05) is 7.05 Å². The number of hydrazine groups is 1. The lowest BCUT2D eigenvalue weighted by atomic mass is 9.97. The van der Waals surface area contributed by atoms with E-state index >= 15 is 0 Å². The molecule has 1 aliphatic rings. The molecule has 0 spiro atoms. The fourth-order valence-electron chi connectivity index (χ4n) is 2.39. The van der Waals surface area contributed by atoms with Crippen LogP contribution >= 0.6 is 0 Å². The average Bonchev–Trinajstić information content (AvgIpc) is 2.42. The van der Waals surface area contributed by atoms with Gasteiger partial charge in [-0.25, -0.2) is 5.84 Å². The van der Waals surface area contributed by atoms with Crippen LogP contribution in [0.3, 0.4) is 0 Å². The molecule has 0 amide bonds. The number of nitrogens with one attached hydrogen (secondary N) is 1. The number of benzene rings is 1. The van der Waals surface area contributed by atoms with Gasteiger partial charge < -0.3 is 16.1 Å². The van der Waals surface area contributed by atoms with Gasteiger partial charge in [-0.05, 0) is 11.6 Å². The topological polar surface area (TPSA) is 67.3 Å². The van der Waals surface area contributed by atoms with Gasteiger partial charge in [0, 0.05) is 30.4 Å². The summed E-state index contributed by atoms with van der Waals surface area (Å²) < 4.78 is 0. The molecule has 0 bridgehead atoms. The first-order valence-corrected chi connectivity index (χ1v) is 6.40. The largest absolute Gasteiger partial charge is 0.396 e. The van der Waals surface area contributed by atoms with Crippen LogP contribution < -0.4 is 16.9 Å². The van der Waals surface area contributed by atoms with Crippen molar-refractivity contribution in [2.24, 2.45) is 11.6 Å². The second kappa shape index (κ2) is 5.67. The lowest BCUT2D eigenvalue weighted by Gasteiger charge is -2.26. The minimum Gasteiger partial charge on any atom is -0.396 e. The van der Waals surface area contributed by atoms with E-state index in [2.05, 4.69) is 24.5 Å². The third-order valence-corrected chi connectivity index (χ3v) is 3.34. The highest BCUT2D eigenvalue weighted by atomic mass is 15.4. The van der Waals surface area contributed by atoms with Crippen molar-refractivity contribution in [3.05, 3.63) is 77.7 Å². The monoisotopic (exact) mass is 268 g/mol. The summed E-state index contributed by atoms with van der Waals surface area (Å²) in [6.45, 7) is 8.34. The molecule has 5 N–H and O–H groups in total. The van der Waals surface area contributed by atoms with Gasteiger partial charge in [-0.2, -0.15) is 0 Å². The molecule has 0 saturated heterocycles. The van der Waals surface area contributed by atoms with E-state index in [0.717, 1.165) is 28.1 Å². The lowest BCUT2D eigenvalue weighted by Crippen LogP contribution is -2.30. The van der Waals surface area contributed by atoms with Gasteiger partial charge in [-0.15, -0.1) is 0 Å². The summed E-state index contributed by atoms with van der Waals surface area (Å²) in [4.78, 5) is 0. The van der Waals surface area contributed by atoms with Crippen molar-refractivity contribution in [2.45, 2.75) is 6.54 Å². The van der Waals surface area contributed by atoms with E-state index in [1.807, 2.05) is 18.2 Å². The van der Waals surface area contributed by atoms with Gasteiger partial charge in [0.2, 0.25) is 0 Å². The van der Waals surface area contributed by atoms with Crippen molar-refractivity contribution < 1.29 is 0 Å². The standard InChI is InChI=1S/C16H20N4/c1-4-12-14(5-2)19-10-11-8-6-7-9-13(11)16(15(12)17)20(3)18/h4-9,19H,1-2,10,17-18H2,3H3/b14-12-,16-15-. The zero-order valence-electron chi connectivity index (χ0n) is 11.7. The molecule has 1 aromatic carbocycles. The molecule has 0 saturated carbocycles. The Morgan fingerprint density at radius 1 is 1.25 bits per heavy atom. The van der Waals surface area contributed by atoms with Crippen LogP contribution in [0.15, 0.2) is 66.5 Å². The quantitative estimate of drug-likeness (QED) is 0.578. The average molecular weight is 268 g/mol. The molecule has 4 nitrogen and oxygen atoms in total. The summed E-state index contributed by atoms with van der Waals surface area (Å²) in [5, 5.41) is 4.88. The van der Waals surface area contributed by atoms with Crippen molar-refractivity contribution in [1.82, 2.24) is 10.3 Å². The number of hydrogen-bond donors (Lipinski definition) is 3. The molecule has 4 heteroatoms. The molecule has 20 heavy (non-hydrogen) atoms. The van der Waals surface area contributed by atoms with Crippen LogP contribution in [0.4, 0.5) is 0 Å². The van der Waals surface area contributed by atoms with Crippen LogP contribution in [0.5, 0.6) is 0 Å². The Morgan fingerprint density at radius 2 is 1.95 bits per heavy atom. The smallest absolute Gasteiger partial charge is 0.0826 e. The van der Waals surface area contributed by atoms with Gasteiger partial charge in [0.05, 0.1) is 11.4 Å². The summed E-state index contributed by atoms with van der Waals surface area (Å²) in [6.07, 6.45) is 3.46. The lowest BCUT2D eigenvalue weighted by molar-refractivity contribution is 0.506. The van der Waals surface area contributed by atoms with Gasteiger partial charge in [-0.1, -0.05) is 43.5 Å². The first kappa shape index (κ1) is 14.0. The predicted molar refractivity (Wildman–Crippen MR) is 83.8 cm³/mol. The first-order valence-electron chi connectivity index (χ1n) is 6.40. The van der Waals surface area contributed by atoms with E-state index in [-0.39, 0.29) is 0 Å². The zero-order chi connectivity index (χ0) is 14.7. The molecule has 0 fully saturated rings. The van der Waals surface area contributed by atoms with E-state index < -0.39 is 0 Å². The molecule has 1 aromatic rings. The molecule has 0 unspecified atom stereocenters. The SMILES string of the molecule is C=C/C1=C(C=C)/C(N)=C(/N(C)N)c2ccccc2CN1. The van der Waals surface area contributed by atoms with Crippen LogP contribution in [0.2, 0.25) is 0 Å². The van der Waals surface area contributed by atoms with Crippen LogP contribution in [0.1, 0.15) is 11.1 Å². The second-order valence-electron chi connectivity index (χ2n) is 4.62. The molecule has 0 atom stereocenters. The van der Waals surface area contributed by atoms with Gasteiger partial charge in [0.15, 0.2) is 0 Å². The van der Waals surface area contributed by atoms with Gasteiger partial charge in [0.25, 0.3) is 0 Å². The molecular formula is C16H20N4. The van der Waals surface area contributed by atoms with Gasteiger partial charge in [-0.3, -0.25) is 0 Å². The van der Waals surface area contributed by atoms with E-state index in [4.69, 9.17) is 11.6 Å². The highest BCUT2D eigenvalue weighted by Crippen LogP contribution is 2.28. The molecule has 1 heterocycles.